The molecule has 0 saturated heterocycles. The van der Waals surface area contributed by atoms with Gasteiger partial charge < -0.3 is 9.73 Å². The lowest BCUT2D eigenvalue weighted by atomic mass is 10.0. The van der Waals surface area contributed by atoms with Gasteiger partial charge >= 0.3 is 0 Å². The SMILES string of the molecule is CC(C)Cn1c(SCC(=O)NCC(C)c2ccccc2)nnc1-c1ccco1. The van der Waals surface area contributed by atoms with Crippen molar-refractivity contribution in [2.24, 2.45) is 5.92 Å². The average Bonchev–Trinajstić information content (AvgIpc) is 3.34. The minimum Gasteiger partial charge on any atom is -0.461 e. The molecule has 6 nitrogen and oxygen atoms in total. The van der Waals surface area contributed by atoms with Gasteiger partial charge in [0, 0.05) is 13.1 Å². The lowest BCUT2D eigenvalue weighted by molar-refractivity contribution is -0.118. The normalized spacial score (nSPS) is 12.3. The highest BCUT2D eigenvalue weighted by atomic mass is 32.2. The molecule has 0 saturated carbocycles. The molecule has 0 spiro atoms. The third kappa shape index (κ3) is 5.25. The van der Waals surface area contributed by atoms with E-state index in [9.17, 15) is 4.79 Å². The summed E-state index contributed by atoms with van der Waals surface area (Å²) in [7, 11) is 0. The third-order valence-electron chi connectivity index (χ3n) is 4.31. The first-order chi connectivity index (χ1) is 13.5. The summed E-state index contributed by atoms with van der Waals surface area (Å²) < 4.78 is 7.50. The van der Waals surface area contributed by atoms with E-state index in [4.69, 9.17) is 4.42 Å². The Bertz CT molecular complexity index is 875. The Labute approximate surface area is 169 Å². The zero-order chi connectivity index (χ0) is 19.9. The van der Waals surface area contributed by atoms with Crippen molar-refractivity contribution in [1.82, 2.24) is 20.1 Å². The maximum Gasteiger partial charge on any atom is 0.230 e. The molecule has 0 fully saturated rings. The number of amides is 1. The van der Waals surface area contributed by atoms with Crippen LogP contribution in [0.2, 0.25) is 0 Å². The van der Waals surface area contributed by atoms with Crippen LogP contribution in [0.5, 0.6) is 0 Å². The van der Waals surface area contributed by atoms with E-state index in [1.54, 1.807) is 6.26 Å². The second-order valence-electron chi connectivity index (χ2n) is 7.19. The van der Waals surface area contributed by atoms with Crippen LogP contribution in [0.15, 0.2) is 58.3 Å². The molecule has 1 N–H and O–H groups in total. The van der Waals surface area contributed by atoms with E-state index in [0.29, 0.717) is 29.8 Å². The van der Waals surface area contributed by atoms with Crippen LogP contribution in [0.25, 0.3) is 11.6 Å². The summed E-state index contributed by atoms with van der Waals surface area (Å²) in [5, 5.41) is 12.3. The first kappa shape index (κ1) is 20.2. The van der Waals surface area contributed by atoms with E-state index in [0.717, 1.165) is 11.7 Å². The highest BCUT2D eigenvalue weighted by molar-refractivity contribution is 7.99. The minimum absolute atomic E-state index is 0.00794. The molecule has 0 aliphatic heterocycles. The van der Waals surface area contributed by atoms with Gasteiger partial charge in [-0.1, -0.05) is 62.9 Å². The van der Waals surface area contributed by atoms with Crippen molar-refractivity contribution in [3.63, 3.8) is 0 Å². The van der Waals surface area contributed by atoms with Crippen LogP contribution >= 0.6 is 11.8 Å². The zero-order valence-corrected chi connectivity index (χ0v) is 17.3. The summed E-state index contributed by atoms with van der Waals surface area (Å²) in [6.45, 7) is 7.76. The van der Waals surface area contributed by atoms with Crippen LogP contribution in [0, 0.1) is 5.92 Å². The smallest absolute Gasteiger partial charge is 0.230 e. The maximum absolute atomic E-state index is 12.3. The summed E-state index contributed by atoms with van der Waals surface area (Å²) in [5.74, 6) is 2.36. The van der Waals surface area contributed by atoms with Gasteiger partial charge in [-0.05, 0) is 29.5 Å². The molecule has 0 aliphatic rings. The number of furan rings is 1. The van der Waals surface area contributed by atoms with Crippen molar-refractivity contribution in [1.29, 1.82) is 0 Å². The van der Waals surface area contributed by atoms with Gasteiger partial charge in [0.2, 0.25) is 5.91 Å². The number of thioether (sulfide) groups is 1. The van der Waals surface area contributed by atoms with Gasteiger partial charge in [0.1, 0.15) is 0 Å². The van der Waals surface area contributed by atoms with Crippen molar-refractivity contribution in [2.75, 3.05) is 12.3 Å². The van der Waals surface area contributed by atoms with Crippen LogP contribution < -0.4 is 5.32 Å². The van der Waals surface area contributed by atoms with Gasteiger partial charge in [0.05, 0.1) is 12.0 Å². The summed E-state index contributed by atoms with van der Waals surface area (Å²) in [6, 6.07) is 13.9. The quantitative estimate of drug-likeness (QED) is 0.547. The van der Waals surface area contributed by atoms with Gasteiger partial charge in [-0.15, -0.1) is 10.2 Å². The van der Waals surface area contributed by atoms with E-state index < -0.39 is 0 Å². The van der Waals surface area contributed by atoms with Gasteiger partial charge in [0.15, 0.2) is 16.7 Å². The Morgan fingerprint density at radius 1 is 1.14 bits per heavy atom. The second kappa shape index (κ2) is 9.59. The number of carbonyl (C=O) groups excluding carboxylic acids is 1. The van der Waals surface area contributed by atoms with Crippen molar-refractivity contribution >= 4 is 17.7 Å². The molecule has 28 heavy (non-hydrogen) atoms. The lowest BCUT2D eigenvalue weighted by Crippen LogP contribution is -2.29. The van der Waals surface area contributed by atoms with Crippen molar-refractivity contribution < 1.29 is 9.21 Å². The van der Waals surface area contributed by atoms with E-state index >= 15 is 0 Å². The number of rotatable bonds is 9. The molecular weight excluding hydrogens is 372 g/mol. The molecule has 0 aliphatic carbocycles. The molecular formula is C21H26N4O2S. The highest BCUT2D eigenvalue weighted by Gasteiger charge is 2.18. The predicted octanol–water partition coefficient (Wildman–Crippen LogP) is 4.21. The van der Waals surface area contributed by atoms with Crippen LogP contribution in [-0.4, -0.2) is 33.0 Å². The summed E-state index contributed by atoms with van der Waals surface area (Å²) in [4.78, 5) is 12.3. The molecule has 0 radical (unpaired) electrons. The molecule has 3 aromatic rings. The Balaban J connectivity index is 1.58. The number of nitrogens with zero attached hydrogens (tertiary/aromatic N) is 3. The largest absolute Gasteiger partial charge is 0.461 e. The standard InChI is InChI=1S/C21H26N4O2S/c1-15(2)13-25-20(18-10-7-11-27-18)23-24-21(25)28-14-19(26)22-12-16(3)17-8-5-4-6-9-17/h4-11,15-16H,12-14H2,1-3H3,(H,22,26). The molecule has 1 atom stereocenters. The van der Waals surface area contributed by atoms with Crippen molar-refractivity contribution in [2.45, 2.75) is 38.4 Å². The zero-order valence-electron chi connectivity index (χ0n) is 16.5. The van der Waals surface area contributed by atoms with Crippen LogP contribution in [0.1, 0.15) is 32.3 Å². The van der Waals surface area contributed by atoms with Crippen molar-refractivity contribution in [3.05, 3.63) is 54.3 Å². The van der Waals surface area contributed by atoms with E-state index in [1.165, 1.54) is 17.3 Å². The first-order valence-corrected chi connectivity index (χ1v) is 10.4. The summed E-state index contributed by atoms with van der Waals surface area (Å²) >= 11 is 1.40. The second-order valence-corrected chi connectivity index (χ2v) is 8.13. The molecule has 148 valence electrons. The first-order valence-electron chi connectivity index (χ1n) is 9.46. The number of nitrogens with one attached hydrogen (secondary N) is 1. The third-order valence-corrected chi connectivity index (χ3v) is 5.28. The number of hydrogen-bond donors (Lipinski definition) is 1. The fraction of sp³-hybridized carbons (Fsp3) is 0.381. The van der Waals surface area contributed by atoms with Gasteiger partial charge in [-0.3, -0.25) is 9.36 Å². The monoisotopic (exact) mass is 398 g/mol. The molecule has 0 bridgehead atoms. The minimum atomic E-state index is -0.00794. The lowest BCUT2D eigenvalue weighted by Gasteiger charge is -2.13. The number of hydrogen-bond acceptors (Lipinski definition) is 5. The Hall–Kier alpha value is -2.54. The van der Waals surface area contributed by atoms with Gasteiger partial charge in [-0.2, -0.15) is 0 Å². The molecule has 2 aromatic heterocycles. The molecule has 1 aromatic carbocycles. The van der Waals surface area contributed by atoms with Crippen LogP contribution in [0.3, 0.4) is 0 Å². The van der Waals surface area contributed by atoms with E-state index in [-0.39, 0.29) is 11.8 Å². The average molecular weight is 399 g/mol. The Morgan fingerprint density at radius 2 is 1.93 bits per heavy atom. The maximum atomic E-state index is 12.3. The molecule has 1 amide bonds. The topological polar surface area (TPSA) is 73.0 Å². The summed E-state index contributed by atoms with van der Waals surface area (Å²) in [6.07, 6.45) is 1.62. The number of carbonyl (C=O) groups is 1. The van der Waals surface area contributed by atoms with E-state index in [2.05, 4.69) is 48.4 Å². The van der Waals surface area contributed by atoms with Gasteiger partial charge in [-0.25, -0.2) is 0 Å². The molecule has 3 rings (SSSR count). The fourth-order valence-electron chi connectivity index (χ4n) is 2.86. The van der Waals surface area contributed by atoms with Gasteiger partial charge in [0.25, 0.3) is 0 Å². The molecule has 2 heterocycles. The highest BCUT2D eigenvalue weighted by Crippen LogP contribution is 2.25. The Kier molecular flexibility index (Phi) is 6.92. The number of aromatic nitrogens is 3. The van der Waals surface area contributed by atoms with E-state index in [1.807, 2.05) is 34.9 Å². The fourth-order valence-corrected chi connectivity index (χ4v) is 3.64. The predicted molar refractivity (Wildman–Crippen MR) is 111 cm³/mol. The Morgan fingerprint density at radius 3 is 2.61 bits per heavy atom. The molecule has 1 unspecified atom stereocenters. The number of benzene rings is 1. The molecule has 7 heteroatoms. The van der Waals surface area contributed by atoms with Crippen LogP contribution in [-0.2, 0) is 11.3 Å². The van der Waals surface area contributed by atoms with Crippen LogP contribution in [0.4, 0.5) is 0 Å². The van der Waals surface area contributed by atoms with Crippen molar-refractivity contribution in [3.8, 4) is 11.6 Å². The summed E-state index contributed by atoms with van der Waals surface area (Å²) in [5.41, 5.74) is 1.22.